The van der Waals surface area contributed by atoms with Crippen LogP contribution >= 0.6 is 0 Å². The average molecular weight is 182 g/mol. The van der Waals surface area contributed by atoms with Crippen LogP contribution in [0.3, 0.4) is 0 Å². The highest BCUT2D eigenvalue weighted by Gasteiger charge is 2.27. The van der Waals surface area contributed by atoms with Gasteiger partial charge in [0.2, 0.25) is 0 Å². The van der Waals surface area contributed by atoms with Gasteiger partial charge < -0.3 is 0 Å². The molecule has 68 valence electrons. The quantitative estimate of drug-likeness (QED) is 0.563. The van der Waals surface area contributed by atoms with Crippen molar-refractivity contribution < 1.29 is 4.79 Å². The molecule has 0 fully saturated rings. The number of hydrogen-bond donors (Lipinski definition) is 0. The molecule has 1 aromatic rings. The van der Waals surface area contributed by atoms with Gasteiger partial charge in [-0.1, -0.05) is 42.5 Å². The summed E-state index contributed by atoms with van der Waals surface area (Å²) in [5.74, 6) is 0.462. The van der Waals surface area contributed by atoms with E-state index in [1.807, 2.05) is 24.3 Å². The first-order valence-electron chi connectivity index (χ1n) is 4.85. The first-order chi connectivity index (χ1) is 6.86. The predicted molar refractivity (Wildman–Crippen MR) is 55.2 cm³/mol. The van der Waals surface area contributed by atoms with E-state index >= 15 is 0 Å². The third-order valence-corrected chi connectivity index (χ3v) is 2.98. The average Bonchev–Trinajstić information content (AvgIpc) is 2.49. The van der Waals surface area contributed by atoms with Crippen molar-refractivity contribution in [2.24, 2.45) is 0 Å². The molecule has 0 saturated heterocycles. The molecule has 0 amide bonds. The normalized spacial score (nSPS) is 27.6. The maximum absolute atomic E-state index is 11.7. The van der Waals surface area contributed by atoms with Gasteiger partial charge >= 0.3 is 0 Å². The fourth-order valence-electron chi connectivity index (χ4n) is 2.25. The molecule has 14 heavy (non-hydrogen) atoms. The first kappa shape index (κ1) is 7.74. The van der Waals surface area contributed by atoms with Crippen molar-refractivity contribution in [2.75, 3.05) is 0 Å². The van der Waals surface area contributed by atoms with E-state index in [-0.39, 0.29) is 11.7 Å². The van der Waals surface area contributed by atoms with Crippen LogP contribution in [0.15, 0.2) is 48.6 Å². The summed E-state index contributed by atoms with van der Waals surface area (Å²) in [6.07, 6.45) is 7.85. The van der Waals surface area contributed by atoms with E-state index in [1.165, 1.54) is 11.1 Å². The van der Waals surface area contributed by atoms with E-state index in [9.17, 15) is 4.79 Å². The molecule has 0 N–H and O–H groups in total. The number of fused-ring (bicyclic) bond motifs is 1. The Kier molecular flexibility index (Phi) is 1.48. The minimum Gasteiger partial charge on any atom is -0.294 e. The molecule has 0 spiro atoms. The van der Waals surface area contributed by atoms with Crippen LogP contribution in [0.1, 0.15) is 23.0 Å². The molecule has 2 atom stereocenters. The number of allylic oxidation sites excluding steroid dienone is 4. The Morgan fingerprint density at radius 1 is 0.929 bits per heavy atom. The summed E-state index contributed by atoms with van der Waals surface area (Å²) in [4.78, 5) is 11.7. The molecular weight excluding hydrogens is 172 g/mol. The van der Waals surface area contributed by atoms with Crippen molar-refractivity contribution in [1.29, 1.82) is 0 Å². The zero-order chi connectivity index (χ0) is 9.54. The fourth-order valence-corrected chi connectivity index (χ4v) is 2.25. The Balaban J connectivity index is 2.29. The molecule has 0 saturated carbocycles. The van der Waals surface area contributed by atoms with Gasteiger partial charge in [-0.3, -0.25) is 4.79 Å². The zero-order valence-electron chi connectivity index (χ0n) is 7.68. The summed E-state index contributed by atoms with van der Waals surface area (Å²) >= 11 is 0. The molecule has 4 rings (SSSR count). The lowest BCUT2D eigenvalue weighted by Gasteiger charge is -2.20. The fraction of sp³-hybridized carbons (Fsp3) is 0.154. The van der Waals surface area contributed by atoms with E-state index in [2.05, 4.69) is 18.2 Å². The van der Waals surface area contributed by atoms with Crippen molar-refractivity contribution in [3.8, 4) is 0 Å². The van der Waals surface area contributed by atoms with Crippen LogP contribution in [-0.4, -0.2) is 5.78 Å². The number of hydrogen-bond acceptors (Lipinski definition) is 1. The van der Waals surface area contributed by atoms with Crippen LogP contribution in [0, 0.1) is 0 Å². The van der Waals surface area contributed by atoms with Gasteiger partial charge in [0.15, 0.2) is 5.78 Å². The molecule has 0 heterocycles. The molecule has 3 aliphatic rings. The van der Waals surface area contributed by atoms with Gasteiger partial charge in [0.25, 0.3) is 0 Å². The van der Waals surface area contributed by atoms with Gasteiger partial charge in [-0.15, -0.1) is 0 Å². The van der Waals surface area contributed by atoms with E-state index in [0.717, 1.165) is 0 Å². The molecule has 3 aliphatic carbocycles. The second kappa shape index (κ2) is 2.68. The Morgan fingerprint density at radius 3 is 2.57 bits per heavy atom. The van der Waals surface area contributed by atoms with Crippen LogP contribution in [0.4, 0.5) is 0 Å². The lowest BCUT2D eigenvalue weighted by Crippen LogP contribution is -2.11. The topological polar surface area (TPSA) is 17.1 Å². The third kappa shape index (κ3) is 0.925. The minimum absolute atomic E-state index is 0.0406. The van der Waals surface area contributed by atoms with Gasteiger partial charge in [-0.25, -0.2) is 0 Å². The van der Waals surface area contributed by atoms with Crippen LogP contribution in [-0.2, 0) is 4.79 Å². The summed E-state index contributed by atoms with van der Waals surface area (Å²) in [5.41, 5.74) is 2.46. The highest BCUT2D eigenvalue weighted by Crippen LogP contribution is 2.37. The first-order valence-corrected chi connectivity index (χ1v) is 4.85. The summed E-state index contributed by atoms with van der Waals surface area (Å²) in [7, 11) is 0. The largest absolute Gasteiger partial charge is 0.294 e. The van der Waals surface area contributed by atoms with Gasteiger partial charge in [-0.05, 0) is 17.2 Å². The number of ketones is 1. The Bertz CT molecular complexity index is 454. The van der Waals surface area contributed by atoms with Crippen LogP contribution in [0.25, 0.3) is 0 Å². The third-order valence-electron chi connectivity index (χ3n) is 2.98. The van der Waals surface area contributed by atoms with E-state index < -0.39 is 0 Å². The lowest BCUT2D eigenvalue weighted by atomic mass is 9.83. The molecular formula is C13H10O. The standard InChI is InChI=1S/C13H10O/c14-13-8-6-9-5-7-12(13)11-4-2-1-3-10(9)11/h1-9,12H/t9-,12+/m1/s1. The van der Waals surface area contributed by atoms with Crippen molar-refractivity contribution in [3.63, 3.8) is 0 Å². The molecule has 0 radical (unpaired) electrons. The molecule has 1 aromatic carbocycles. The monoisotopic (exact) mass is 182 g/mol. The van der Waals surface area contributed by atoms with Crippen molar-refractivity contribution in [1.82, 2.24) is 0 Å². The molecule has 0 aromatic heterocycles. The highest BCUT2D eigenvalue weighted by molar-refractivity contribution is 5.98. The van der Waals surface area contributed by atoms with E-state index in [1.54, 1.807) is 6.08 Å². The van der Waals surface area contributed by atoms with Crippen LogP contribution < -0.4 is 0 Å². The smallest absolute Gasteiger partial charge is 0.166 e. The van der Waals surface area contributed by atoms with Gasteiger partial charge in [0, 0.05) is 5.92 Å². The Morgan fingerprint density at radius 2 is 1.71 bits per heavy atom. The number of benzene rings is 1. The lowest BCUT2D eigenvalue weighted by molar-refractivity contribution is -0.115. The Hall–Kier alpha value is -1.63. The van der Waals surface area contributed by atoms with Crippen LogP contribution in [0.2, 0.25) is 0 Å². The van der Waals surface area contributed by atoms with Gasteiger partial charge in [0.05, 0.1) is 5.92 Å². The number of carbonyl (C=O) groups is 1. The summed E-state index contributed by atoms with van der Waals surface area (Å²) in [6.45, 7) is 0. The predicted octanol–water partition coefficient (Wildman–Crippen LogP) is 2.56. The molecule has 1 heteroatoms. The molecule has 0 aliphatic heterocycles. The maximum atomic E-state index is 11.7. The summed E-state index contributed by atoms with van der Waals surface area (Å²) in [5, 5.41) is 0. The number of carbonyl (C=O) groups excluding carboxylic acids is 1. The molecule has 1 nitrogen and oxygen atoms in total. The van der Waals surface area contributed by atoms with Crippen molar-refractivity contribution in [3.05, 3.63) is 59.7 Å². The summed E-state index contributed by atoms with van der Waals surface area (Å²) < 4.78 is 0. The van der Waals surface area contributed by atoms with Gasteiger partial charge in [-0.2, -0.15) is 0 Å². The molecule has 2 bridgehead atoms. The van der Waals surface area contributed by atoms with Crippen molar-refractivity contribution in [2.45, 2.75) is 11.8 Å². The van der Waals surface area contributed by atoms with E-state index in [0.29, 0.717) is 5.92 Å². The highest BCUT2D eigenvalue weighted by atomic mass is 16.1. The van der Waals surface area contributed by atoms with Gasteiger partial charge in [0.1, 0.15) is 0 Å². The Labute approximate surface area is 82.8 Å². The van der Waals surface area contributed by atoms with E-state index in [4.69, 9.17) is 0 Å². The zero-order valence-corrected chi connectivity index (χ0v) is 7.68. The van der Waals surface area contributed by atoms with Crippen LogP contribution in [0.5, 0.6) is 0 Å². The second-order valence-electron chi connectivity index (χ2n) is 3.78. The van der Waals surface area contributed by atoms with Crippen molar-refractivity contribution >= 4 is 5.78 Å². The SMILES string of the molecule is O=C1C=C[C@H]2C=C[C@H]1c1ccccc12. The summed E-state index contributed by atoms with van der Waals surface area (Å²) in [6, 6.07) is 8.20. The molecule has 0 unspecified atom stereocenters. The second-order valence-corrected chi connectivity index (χ2v) is 3.78. The minimum atomic E-state index is -0.0406. The maximum Gasteiger partial charge on any atom is 0.166 e. The number of rotatable bonds is 0.